The van der Waals surface area contributed by atoms with Gasteiger partial charge in [0.1, 0.15) is 0 Å². The Bertz CT molecular complexity index is 186. The maximum Gasteiger partial charge on any atom is 0.229 e. The highest BCUT2D eigenvalue weighted by molar-refractivity contribution is 5.88. The van der Waals surface area contributed by atoms with Gasteiger partial charge in [-0.25, -0.2) is 0 Å². The number of nitrogens with one attached hydrogen (secondary N) is 1. The predicted molar refractivity (Wildman–Crippen MR) is 35.3 cm³/mol. The number of aliphatic hydroxyl groups excluding tert-OH is 1. The molecule has 0 aromatic rings. The number of hydrogen-bond acceptors (Lipinski definition) is 2. The molecule has 1 amide bonds. The summed E-state index contributed by atoms with van der Waals surface area (Å²) in [5.41, 5.74) is -0.362. The van der Waals surface area contributed by atoms with Gasteiger partial charge in [-0.2, -0.15) is 0 Å². The third-order valence-corrected chi connectivity index (χ3v) is 2.64. The van der Waals surface area contributed by atoms with E-state index in [1.54, 1.807) is 0 Å². The summed E-state index contributed by atoms with van der Waals surface area (Å²) in [4.78, 5) is 11.1. The van der Waals surface area contributed by atoms with Crippen LogP contribution in [0.5, 0.6) is 0 Å². The van der Waals surface area contributed by atoms with Crippen LogP contribution in [-0.2, 0) is 4.79 Å². The van der Waals surface area contributed by atoms with Crippen molar-refractivity contribution in [2.45, 2.75) is 31.9 Å². The van der Waals surface area contributed by atoms with Gasteiger partial charge < -0.3 is 10.4 Å². The van der Waals surface area contributed by atoms with Crippen molar-refractivity contribution in [3.63, 3.8) is 0 Å². The lowest BCUT2D eigenvalue weighted by Crippen LogP contribution is -2.28. The largest absolute Gasteiger partial charge is 0.390 e. The van der Waals surface area contributed by atoms with Gasteiger partial charge in [-0.1, -0.05) is 0 Å². The van der Waals surface area contributed by atoms with Crippen molar-refractivity contribution < 1.29 is 9.90 Å². The van der Waals surface area contributed by atoms with Crippen LogP contribution in [0.4, 0.5) is 0 Å². The first-order chi connectivity index (χ1) is 4.67. The fraction of sp³-hybridized carbons (Fsp3) is 0.857. The molecule has 2 unspecified atom stereocenters. The van der Waals surface area contributed by atoms with Crippen LogP contribution in [0, 0.1) is 5.41 Å². The molecular formula is C7H11NO2. The number of hydrogen-bond donors (Lipinski definition) is 2. The molecule has 1 saturated heterocycles. The van der Waals surface area contributed by atoms with Crippen molar-refractivity contribution >= 4 is 5.91 Å². The van der Waals surface area contributed by atoms with Crippen LogP contribution in [0.2, 0.25) is 0 Å². The molecule has 1 heterocycles. The third-order valence-electron chi connectivity index (χ3n) is 2.64. The van der Waals surface area contributed by atoms with E-state index in [0.717, 1.165) is 12.8 Å². The average Bonchev–Trinajstić information content (AvgIpc) is 2.61. The van der Waals surface area contributed by atoms with Gasteiger partial charge in [0, 0.05) is 0 Å². The van der Waals surface area contributed by atoms with Crippen LogP contribution >= 0.6 is 0 Å². The first-order valence-corrected chi connectivity index (χ1v) is 3.66. The molecule has 2 aliphatic rings. The molecule has 0 aromatic carbocycles. The predicted octanol–water partition coefficient (Wildman–Crippen LogP) is -0.354. The van der Waals surface area contributed by atoms with E-state index < -0.39 is 6.10 Å². The lowest BCUT2D eigenvalue weighted by Gasteiger charge is -2.10. The highest BCUT2D eigenvalue weighted by Crippen LogP contribution is 2.52. The smallest absolute Gasteiger partial charge is 0.229 e. The van der Waals surface area contributed by atoms with Gasteiger partial charge in [0.15, 0.2) is 0 Å². The van der Waals surface area contributed by atoms with E-state index in [1.807, 2.05) is 6.92 Å². The van der Waals surface area contributed by atoms with E-state index in [4.69, 9.17) is 0 Å². The van der Waals surface area contributed by atoms with E-state index in [0.29, 0.717) is 0 Å². The molecule has 0 radical (unpaired) electrons. The normalized spacial score (nSPS) is 42.0. The van der Waals surface area contributed by atoms with Crippen LogP contribution in [0.1, 0.15) is 19.8 Å². The van der Waals surface area contributed by atoms with Crippen LogP contribution in [0.15, 0.2) is 0 Å². The van der Waals surface area contributed by atoms with Crippen molar-refractivity contribution in [1.29, 1.82) is 0 Å². The first kappa shape index (κ1) is 6.16. The Morgan fingerprint density at radius 3 is 2.50 bits per heavy atom. The van der Waals surface area contributed by atoms with Crippen LogP contribution in [0.25, 0.3) is 0 Å². The zero-order valence-electron chi connectivity index (χ0n) is 5.92. The van der Waals surface area contributed by atoms with Crippen LogP contribution in [-0.4, -0.2) is 23.2 Å². The third kappa shape index (κ3) is 0.515. The second kappa shape index (κ2) is 1.53. The number of rotatable bonds is 0. The molecule has 2 N–H and O–H groups in total. The standard InChI is InChI=1S/C7H11NO2/c1-4-5(9)7(2-3-7)6(10)8-4/h4-5,9H,2-3H2,1H3,(H,8,10). The molecule has 1 saturated carbocycles. The second-order valence-electron chi connectivity index (χ2n) is 3.36. The zero-order valence-corrected chi connectivity index (χ0v) is 5.92. The lowest BCUT2D eigenvalue weighted by molar-refractivity contribution is -0.125. The molecule has 1 aliphatic heterocycles. The summed E-state index contributed by atoms with van der Waals surface area (Å²) in [5, 5.41) is 12.2. The molecule has 3 heteroatoms. The minimum absolute atomic E-state index is 0.0463. The summed E-state index contributed by atoms with van der Waals surface area (Å²) < 4.78 is 0. The SMILES string of the molecule is CC1NC(=O)C2(CC2)C1O. The van der Waals surface area contributed by atoms with E-state index in [9.17, 15) is 9.90 Å². The van der Waals surface area contributed by atoms with Crippen molar-refractivity contribution in [2.75, 3.05) is 0 Å². The van der Waals surface area contributed by atoms with Gasteiger partial charge in [0.2, 0.25) is 5.91 Å². The van der Waals surface area contributed by atoms with Crippen molar-refractivity contribution in [2.24, 2.45) is 5.41 Å². The molecule has 2 atom stereocenters. The van der Waals surface area contributed by atoms with E-state index in [-0.39, 0.29) is 17.4 Å². The molecule has 56 valence electrons. The summed E-state index contributed by atoms with van der Waals surface area (Å²) in [6, 6.07) is -0.0463. The van der Waals surface area contributed by atoms with Gasteiger partial charge in [-0.15, -0.1) is 0 Å². The first-order valence-electron chi connectivity index (χ1n) is 3.66. The Balaban J connectivity index is 2.27. The quantitative estimate of drug-likeness (QED) is 0.484. The highest BCUT2D eigenvalue weighted by Gasteiger charge is 2.61. The summed E-state index contributed by atoms with van der Waals surface area (Å²) in [7, 11) is 0. The average molecular weight is 141 g/mol. The summed E-state index contributed by atoms with van der Waals surface area (Å²) in [6.45, 7) is 1.84. The molecule has 10 heavy (non-hydrogen) atoms. The fourth-order valence-electron chi connectivity index (χ4n) is 1.70. The minimum Gasteiger partial charge on any atom is -0.390 e. The molecule has 1 aliphatic carbocycles. The lowest BCUT2D eigenvalue weighted by atomic mass is 9.99. The molecule has 1 spiro atoms. The molecule has 2 fully saturated rings. The molecule has 2 rings (SSSR count). The van der Waals surface area contributed by atoms with Gasteiger partial charge in [0.05, 0.1) is 17.6 Å². The Kier molecular flexibility index (Phi) is 0.944. The van der Waals surface area contributed by atoms with E-state index in [2.05, 4.69) is 5.32 Å². The number of amides is 1. The number of carbonyl (C=O) groups excluding carboxylic acids is 1. The summed E-state index contributed by atoms with van der Waals surface area (Å²) in [5.74, 6) is 0.0486. The molecular weight excluding hydrogens is 130 g/mol. The summed E-state index contributed by atoms with van der Waals surface area (Å²) >= 11 is 0. The Labute approximate surface area is 59.4 Å². The van der Waals surface area contributed by atoms with E-state index >= 15 is 0 Å². The zero-order chi connectivity index (χ0) is 7.35. The highest BCUT2D eigenvalue weighted by atomic mass is 16.3. The van der Waals surface area contributed by atoms with Gasteiger partial charge >= 0.3 is 0 Å². The molecule has 3 nitrogen and oxygen atoms in total. The van der Waals surface area contributed by atoms with Crippen molar-refractivity contribution in [1.82, 2.24) is 5.32 Å². The Hall–Kier alpha value is -0.570. The van der Waals surface area contributed by atoms with Crippen molar-refractivity contribution in [3.05, 3.63) is 0 Å². The van der Waals surface area contributed by atoms with E-state index in [1.165, 1.54) is 0 Å². The van der Waals surface area contributed by atoms with Gasteiger partial charge in [-0.3, -0.25) is 4.79 Å². The van der Waals surface area contributed by atoms with Crippen LogP contribution in [0.3, 0.4) is 0 Å². The minimum atomic E-state index is -0.444. The van der Waals surface area contributed by atoms with Gasteiger partial charge in [0.25, 0.3) is 0 Å². The molecule has 0 bridgehead atoms. The monoisotopic (exact) mass is 141 g/mol. The molecule has 0 aromatic heterocycles. The summed E-state index contributed by atoms with van der Waals surface area (Å²) in [6.07, 6.45) is 1.29. The van der Waals surface area contributed by atoms with Crippen LogP contribution < -0.4 is 5.32 Å². The number of aliphatic hydroxyl groups is 1. The fourth-order valence-corrected chi connectivity index (χ4v) is 1.70. The topological polar surface area (TPSA) is 49.3 Å². The van der Waals surface area contributed by atoms with Crippen molar-refractivity contribution in [3.8, 4) is 0 Å². The second-order valence-corrected chi connectivity index (χ2v) is 3.36. The Morgan fingerprint density at radius 1 is 1.70 bits per heavy atom. The number of carbonyl (C=O) groups is 1. The van der Waals surface area contributed by atoms with Gasteiger partial charge in [-0.05, 0) is 19.8 Å². The maximum atomic E-state index is 11.1. The maximum absolute atomic E-state index is 11.1. The Morgan fingerprint density at radius 2 is 2.30 bits per heavy atom.